The minimum absolute atomic E-state index is 0.116. The third-order valence-corrected chi connectivity index (χ3v) is 11.5. The van der Waals surface area contributed by atoms with Crippen LogP contribution in [-0.2, 0) is 28.6 Å². The predicted octanol–water partition coefficient (Wildman–Crippen LogP) is 18.7. The SMILES string of the molecule is CC/C=C\C/C=C\C/C=C\C/C=C\C/C=C\C/C=C\CCC(=O)OCC(COC(=O)CCCCC/C=C\C/C=C\C/C=C\CC)OC(=O)CCCCCCCCCCCCCCCCCCCC. The van der Waals surface area contributed by atoms with Gasteiger partial charge in [0.2, 0.25) is 0 Å². The van der Waals surface area contributed by atoms with Crippen molar-refractivity contribution in [2.75, 3.05) is 13.2 Å². The zero-order valence-electron chi connectivity index (χ0n) is 44.1. The second kappa shape index (κ2) is 55.7. The summed E-state index contributed by atoms with van der Waals surface area (Å²) in [6, 6.07) is 0. The summed E-state index contributed by atoms with van der Waals surface area (Å²) < 4.78 is 16.7. The molecule has 0 fully saturated rings. The molecule has 68 heavy (non-hydrogen) atoms. The van der Waals surface area contributed by atoms with E-state index in [-0.39, 0.29) is 37.5 Å². The Labute approximate surface area is 419 Å². The summed E-state index contributed by atoms with van der Waals surface area (Å²) in [5.74, 6) is -1.03. The first-order valence-corrected chi connectivity index (χ1v) is 27.9. The van der Waals surface area contributed by atoms with Crippen molar-refractivity contribution in [3.63, 3.8) is 0 Å². The Morgan fingerprint density at radius 3 is 0.985 bits per heavy atom. The first-order chi connectivity index (χ1) is 33.5. The molecule has 6 heteroatoms. The highest BCUT2D eigenvalue weighted by Crippen LogP contribution is 2.15. The van der Waals surface area contributed by atoms with Crippen molar-refractivity contribution < 1.29 is 28.6 Å². The fourth-order valence-corrected chi connectivity index (χ4v) is 7.42. The maximum absolute atomic E-state index is 12.8. The van der Waals surface area contributed by atoms with E-state index in [1.807, 2.05) is 6.08 Å². The zero-order chi connectivity index (χ0) is 49.3. The first-order valence-electron chi connectivity index (χ1n) is 27.9. The maximum atomic E-state index is 12.8. The summed E-state index contributed by atoms with van der Waals surface area (Å²) in [6.45, 7) is 6.33. The van der Waals surface area contributed by atoms with Crippen molar-refractivity contribution in [1.82, 2.24) is 0 Å². The normalized spacial score (nSPS) is 12.9. The maximum Gasteiger partial charge on any atom is 0.306 e. The molecule has 0 rings (SSSR count). The molecule has 0 aliphatic heterocycles. The average molecular weight is 943 g/mol. The second-order valence-electron chi connectivity index (χ2n) is 18.1. The van der Waals surface area contributed by atoms with Gasteiger partial charge < -0.3 is 14.2 Å². The summed E-state index contributed by atoms with van der Waals surface area (Å²) >= 11 is 0. The van der Waals surface area contributed by atoms with Crippen LogP contribution in [0, 0.1) is 0 Å². The molecule has 1 unspecified atom stereocenters. The van der Waals surface area contributed by atoms with Gasteiger partial charge in [0.15, 0.2) is 6.10 Å². The van der Waals surface area contributed by atoms with Crippen molar-refractivity contribution in [2.45, 2.75) is 252 Å². The Bertz CT molecular complexity index is 1410. The Hall–Kier alpha value is -3.93. The molecule has 386 valence electrons. The van der Waals surface area contributed by atoms with Gasteiger partial charge in [0.25, 0.3) is 0 Å². The van der Waals surface area contributed by atoms with Gasteiger partial charge in [-0.05, 0) is 89.9 Å². The molecule has 0 amide bonds. The monoisotopic (exact) mass is 943 g/mol. The Balaban J connectivity index is 4.51. The Morgan fingerprint density at radius 2 is 0.603 bits per heavy atom. The van der Waals surface area contributed by atoms with Crippen molar-refractivity contribution in [3.8, 4) is 0 Å². The molecular weight excluding hydrogens is 841 g/mol. The van der Waals surface area contributed by atoms with Gasteiger partial charge in [0.1, 0.15) is 13.2 Å². The van der Waals surface area contributed by atoms with E-state index in [2.05, 4.69) is 124 Å². The van der Waals surface area contributed by atoms with Gasteiger partial charge in [0, 0.05) is 19.3 Å². The van der Waals surface area contributed by atoms with E-state index in [1.54, 1.807) is 0 Å². The molecule has 0 saturated carbocycles. The van der Waals surface area contributed by atoms with Crippen LogP contribution in [0.25, 0.3) is 0 Å². The molecule has 0 bridgehead atoms. The van der Waals surface area contributed by atoms with E-state index >= 15 is 0 Å². The van der Waals surface area contributed by atoms with Gasteiger partial charge in [-0.1, -0.05) is 246 Å². The van der Waals surface area contributed by atoms with Gasteiger partial charge in [0.05, 0.1) is 0 Å². The van der Waals surface area contributed by atoms with E-state index in [0.29, 0.717) is 19.3 Å². The molecule has 0 radical (unpaired) electrons. The summed E-state index contributed by atoms with van der Waals surface area (Å²) in [6.07, 6.45) is 75.2. The number of allylic oxidation sites excluding steroid dienone is 18. The fraction of sp³-hybridized carbons (Fsp3) is 0.661. The third kappa shape index (κ3) is 53.0. The number of carbonyl (C=O) groups is 3. The van der Waals surface area contributed by atoms with Crippen molar-refractivity contribution in [3.05, 3.63) is 109 Å². The quantitative estimate of drug-likeness (QED) is 0.0262. The highest BCUT2D eigenvalue weighted by molar-refractivity contribution is 5.71. The van der Waals surface area contributed by atoms with Gasteiger partial charge in [-0.3, -0.25) is 14.4 Å². The molecule has 0 heterocycles. The largest absolute Gasteiger partial charge is 0.462 e. The summed E-state index contributed by atoms with van der Waals surface area (Å²) in [4.78, 5) is 38.1. The van der Waals surface area contributed by atoms with Gasteiger partial charge in [-0.2, -0.15) is 0 Å². The average Bonchev–Trinajstić information content (AvgIpc) is 3.34. The van der Waals surface area contributed by atoms with Crippen LogP contribution in [0.15, 0.2) is 109 Å². The van der Waals surface area contributed by atoms with E-state index in [4.69, 9.17) is 14.2 Å². The lowest BCUT2D eigenvalue weighted by Crippen LogP contribution is -2.30. The van der Waals surface area contributed by atoms with Gasteiger partial charge in [-0.25, -0.2) is 0 Å². The van der Waals surface area contributed by atoms with Gasteiger partial charge in [-0.15, -0.1) is 0 Å². The number of hydrogen-bond acceptors (Lipinski definition) is 6. The zero-order valence-corrected chi connectivity index (χ0v) is 44.1. The van der Waals surface area contributed by atoms with Crippen LogP contribution in [0.5, 0.6) is 0 Å². The van der Waals surface area contributed by atoms with Crippen molar-refractivity contribution in [2.24, 2.45) is 0 Å². The van der Waals surface area contributed by atoms with Crippen LogP contribution >= 0.6 is 0 Å². The topological polar surface area (TPSA) is 78.9 Å². The molecule has 0 saturated heterocycles. The lowest BCUT2D eigenvalue weighted by Gasteiger charge is -2.18. The smallest absolute Gasteiger partial charge is 0.306 e. The molecule has 0 aliphatic rings. The molecule has 1 atom stereocenters. The van der Waals surface area contributed by atoms with Crippen LogP contribution in [-0.4, -0.2) is 37.2 Å². The summed E-state index contributed by atoms with van der Waals surface area (Å²) in [5, 5.41) is 0. The Kier molecular flexibility index (Phi) is 52.4. The minimum atomic E-state index is -0.821. The fourth-order valence-electron chi connectivity index (χ4n) is 7.42. The number of carbonyl (C=O) groups excluding carboxylic acids is 3. The number of esters is 3. The van der Waals surface area contributed by atoms with Crippen LogP contribution < -0.4 is 0 Å². The molecule has 0 aliphatic carbocycles. The molecule has 0 spiro atoms. The van der Waals surface area contributed by atoms with Crippen LogP contribution in [0.1, 0.15) is 245 Å². The minimum Gasteiger partial charge on any atom is -0.462 e. The second-order valence-corrected chi connectivity index (χ2v) is 18.1. The lowest BCUT2D eigenvalue weighted by molar-refractivity contribution is -0.166. The summed E-state index contributed by atoms with van der Waals surface area (Å²) in [7, 11) is 0. The van der Waals surface area contributed by atoms with E-state index < -0.39 is 6.10 Å². The van der Waals surface area contributed by atoms with E-state index in [9.17, 15) is 14.4 Å². The number of ether oxygens (including phenoxy) is 3. The van der Waals surface area contributed by atoms with Crippen LogP contribution in [0.3, 0.4) is 0 Å². The van der Waals surface area contributed by atoms with E-state index in [0.717, 1.165) is 103 Å². The van der Waals surface area contributed by atoms with Gasteiger partial charge >= 0.3 is 17.9 Å². The molecule has 0 aromatic heterocycles. The lowest BCUT2D eigenvalue weighted by atomic mass is 10.0. The third-order valence-electron chi connectivity index (χ3n) is 11.5. The number of rotatable bonds is 49. The van der Waals surface area contributed by atoms with Crippen LogP contribution in [0.4, 0.5) is 0 Å². The first kappa shape index (κ1) is 64.1. The van der Waals surface area contributed by atoms with Crippen molar-refractivity contribution in [1.29, 1.82) is 0 Å². The molecule has 0 N–H and O–H groups in total. The Morgan fingerprint density at radius 1 is 0.309 bits per heavy atom. The number of hydrogen-bond donors (Lipinski definition) is 0. The highest BCUT2D eigenvalue weighted by atomic mass is 16.6. The van der Waals surface area contributed by atoms with Crippen LogP contribution in [0.2, 0.25) is 0 Å². The predicted molar refractivity (Wildman–Crippen MR) is 293 cm³/mol. The highest BCUT2D eigenvalue weighted by Gasteiger charge is 2.19. The molecular formula is C62H102O6. The molecule has 0 aromatic carbocycles. The van der Waals surface area contributed by atoms with Crippen molar-refractivity contribution >= 4 is 17.9 Å². The summed E-state index contributed by atoms with van der Waals surface area (Å²) in [5.41, 5.74) is 0. The van der Waals surface area contributed by atoms with E-state index in [1.165, 1.54) is 96.3 Å². The molecule has 6 nitrogen and oxygen atoms in total. The number of unbranched alkanes of at least 4 members (excludes halogenated alkanes) is 20. The molecule has 0 aromatic rings. The standard InChI is InChI=1S/C62H102O6/c1-4-7-10-13-16-19-22-25-27-29-31-33-34-37-40-43-46-49-52-55-61(64)67-58-59(57-66-60(63)54-51-48-45-42-39-36-24-21-18-15-12-9-6-3)68-62(65)56-53-50-47-44-41-38-35-32-30-28-26-23-20-17-14-11-8-5-2/h7,9-10,12,16,18-19,21,25,27,31,33,36-37,39-40,46,49,59H,4-6,8,11,13-15,17,20,22-24,26,28-30,32,34-35,38,41-45,47-48,50-58H2,1-3H3/b10-7-,12-9-,19-16-,21-18-,27-25-,33-31-,39-36-,40-37-,49-46-.